The smallest absolute Gasteiger partial charge is 0.386 e. The number of hydrogen-bond donors (Lipinski definition) is 1. The van der Waals surface area contributed by atoms with Gasteiger partial charge < -0.3 is 10.0 Å². The van der Waals surface area contributed by atoms with Crippen LogP contribution in [-0.4, -0.2) is 5.11 Å². The van der Waals surface area contributed by atoms with Gasteiger partial charge >= 0.3 is 6.18 Å². The molecule has 0 saturated carbocycles. The fourth-order valence-corrected chi connectivity index (χ4v) is 3.16. The molecule has 0 saturated heterocycles. The Labute approximate surface area is 169 Å². The summed E-state index contributed by atoms with van der Waals surface area (Å²) in [5, 5.41) is 10.4. The van der Waals surface area contributed by atoms with Crippen molar-refractivity contribution in [3.05, 3.63) is 101 Å². The van der Waals surface area contributed by atoms with Crippen molar-refractivity contribution >= 4 is 5.69 Å². The third kappa shape index (κ3) is 5.61. The number of halogens is 3. The van der Waals surface area contributed by atoms with E-state index in [9.17, 15) is 18.3 Å². The fourth-order valence-electron chi connectivity index (χ4n) is 3.16. The van der Waals surface area contributed by atoms with Crippen LogP contribution in [0, 0.1) is 0 Å². The SMILES string of the molecule is CC(C)(O)c1cc(N(Cc2ccccc2)Cc2ccccc2)cc(C(F)(F)F)c1. The lowest BCUT2D eigenvalue weighted by atomic mass is 9.95. The monoisotopic (exact) mass is 399 g/mol. The van der Waals surface area contributed by atoms with Gasteiger partial charge in [0, 0.05) is 18.8 Å². The molecule has 3 aromatic rings. The van der Waals surface area contributed by atoms with E-state index in [2.05, 4.69) is 0 Å². The van der Waals surface area contributed by atoms with Crippen molar-refractivity contribution < 1.29 is 18.3 Å². The first kappa shape index (κ1) is 20.9. The van der Waals surface area contributed by atoms with Gasteiger partial charge in [-0.15, -0.1) is 0 Å². The largest absolute Gasteiger partial charge is 0.416 e. The molecule has 0 spiro atoms. The third-order valence-corrected chi connectivity index (χ3v) is 4.75. The van der Waals surface area contributed by atoms with Crippen LogP contribution < -0.4 is 4.90 Å². The second-order valence-electron chi connectivity index (χ2n) is 7.65. The Hall–Kier alpha value is -2.79. The zero-order valence-corrected chi connectivity index (χ0v) is 16.4. The summed E-state index contributed by atoms with van der Waals surface area (Å²) >= 11 is 0. The summed E-state index contributed by atoms with van der Waals surface area (Å²) in [6.45, 7) is 3.88. The highest BCUT2D eigenvalue weighted by atomic mass is 19.4. The average molecular weight is 399 g/mol. The summed E-state index contributed by atoms with van der Waals surface area (Å²) in [5.74, 6) is 0. The van der Waals surface area contributed by atoms with Crippen LogP contribution in [0.25, 0.3) is 0 Å². The minimum atomic E-state index is -4.50. The first-order chi connectivity index (χ1) is 13.6. The number of nitrogens with zero attached hydrogens (tertiary/aromatic N) is 1. The summed E-state index contributed by atoms with van der Waals surface area (Å²) in [6, 6.07) is 23.0. The second-order valence-corrected chi connectivity index (χ2v) is 7.65. The zero-order chi connectivity index (χ0) is 21.1. The first-order valence-electron chi connectivity index (χ1n) is 9.41. The molecule has 0 unspecified atom stereocenters. The first-order valence-corrected chi connectivity index (χ1v) is 9.41. The lowest BCUT2D eigenvalue weighted by molar-refractivity contribution is -0.137. The molecule has 29 heavy (non-hydrogen) atoms. The van der Waals surface area contributed by atoms with Gasteiger partial charge in [-0.1, -0.05) is 60.7 Å². The molecule has 3 aromatic carbocycles. The van der Waals surface area contributed by atoms with Crippen molar-refractivity contribution in [2.45, 2.75) is 38.7 Å². The minimum absolute atomic E-state index is 0.230. The molecule has 0 aromatic heterocycles. The van der Waals surface area contributed by atoms with E-state index in [0.717, 1.165) is 23.3 Å². The molecule has 1 N–H and O–H groups in total. The Morgan fingerprint density at radius 1 is 0.724 bits per heavy atom. The molecule has 5 heteroatoms. The van der Waals surface area contributed by atoms with Gasteiger partial charge in [0.25, 0.3) is 0 Å². The average Bonchev–Trinajstić information content (AvgIpc) is 2.67. The van der Waals surface area contributed by atoms with E-state index in [1.807, 2.05) is 65.6 Å². The van der Waals surface area contributed by atoms with Gasteiger partial charge in [-0.05, 0) is 48.7 Å². The number of rotatable bonds is 6. The summed E-state index contributed by atoms with van der Waals surface area (Å²) in [7, 11) is 0. The van der Waals surface area contributed by atoms with Gasteiger partial charge in [0.2, 0.25) is 0 Å². The molecular weight excluding hydrogens is 375 g/mol. The van der Waals surface area contributed by atoms with Crippen LogP contribution in [0.4, 0.5) is 18.9 Å². The Morgan fingerprint density at radius 3 is 1.59 bits per heavy atom. The van der Waals surface area contributed by atoms with Crippen LogP contribution in [-0.2, 0) is 24.9 Å². The predicted octanol–water partition coefficient (Wildman–Crippen LogP) is 6.14. The van der Waals surface area contributed by atoms with Gasteiger partial charge in [0.15, 0.2) is 0 Å². The topological polar surface area (TPSA) is 23.5 Å². The van der Waals surface area contributed by atoms with E-state index < -0.39 is 17.3 Å². The number of benzene rings is 3. The quantitative estimate of drug-likeness (QED) is 0.538. The van der Waals surface area contributed by atoms with E-state index in [4.69, 9.17) is 0 Å². The van der Waals surface area contributed by atoms with Crippen molar-refractivity contribution in [1.82, 2.24) is 0 Å². The Kier molecular flexibility index (Phi) is 5.99. The zero-order valence-electron chi connectivity index (χ0n) is 16.4. The minimum Gasteiger partial charge on any atom is -0.386 e. The number of anilines is 1. The molecule has 0 aliphatic carbocycles. The molecule has 0 radical (unpaired) electrons. The lowest BCUT2D eigenvalue weighted by Crippen LogP contribution is -2.24. The van der Waals surface area contributed by atoms with E-state index in [1.54, 1.807) is 6.07 Å². The lowest BCUT2D eigenvalue weighted by Gasteiger charge is -2.29. The van der Waals surface area contributed by atoms with Crippen molar-refractivity contribution in [2.75, 3.05) is 4.90 Å². The molecule has 0 fully saturated rings. The van der Waals surface area contributed by atoms with Crippen LogP contribution in [0.15, 0.2) is 78.9 Å². The summed E-state index contributed by atoms with van der Waals surface area (Å²) < 4.78 is 40.7. The molecule has 2 nitrogen and oxygen atoms in total. The van der Waals surface area contributed by atoms with E-state index in [1.165, 1.54) is 13.8 Å². The van der Waals surface area contributed by atoms with Crippen LogP contribution in [0.1, 0.15) is 36.1 Å². The normalized spacial score (nSPS) is 12.1. The van der Waals surface area contributed by atoms with Crippen LogP contribution >= 0.6 is 0 Å². The fraction of sp³-hybridized carbons (Fsp3) is 0.250. The number of alkyl halides is 3. The maximum Gasteiger partial charge on any atom is 0.416 e. The summed E-state index contributed by atoms with van der Waals surface area (Å²) in [6.07, 6.45) is -4.50. The van der Waals surface area contributed by atoms with Gasteiger partial charge in [-0.2, -0.15) is 13.2 Å². The highest BCUT2D eigenvalue weighted by Crippen LogP contribution is 2.36. The summed E-state index contributed by atoms with van der Waals surface area (Å²) in [4.78, 5) is 1.90. The maximum absolute atomic E-state index is 13.6. The number of aliphatic hydroxyl groups is 1. The van der Waals surface area contributed by atoms with Crippen molar-refractivity contribution in [3.8, 4) is 0 Å². The molecule has 0 bridgehead atoms. The molecule has 152 valence electrons. The molecular formula is C24H24F3NO. The third-order valence-electron chi connectivity index (χ3n) is 4.75. The Balaban J connectivity index is 2.08. The standard InChI is InChI=1S/C24H24F3NO/c1-23(2,29)20-13-21(24(25,26)27)15-22(14-20)28(16-18-9-5-3-6-10-18)17-19-11-7-4-8-12-19/h3-15,29H,16-17H2,1-2H3. The second kappa shape index (κ2) is 8.29. The molecule has 0 aliphatic heterocycles. The van der Waals surface area contributed by atoms with Gasteiger partial charge in [0.1, 0.15) is 0 Å². The highest BCUT2D eigenvalue weighted by Gasteiger charge is 2.33. The molecule has 0 heterocycles. The Morgan fingerprint density at radius 2 is 1.17 bits per heavy atom. The number of hydrogen-bond acceptors (Lipinski definition) is 2. The van der Waals surface area contributed by atoms with Crippen LogP contribution in [0.2, 0.25) is 0 Å². The van der Waals surface area contributed by atoms with Crippen molar-refractivity contribution in [2.24, 2.45) is 0 Å². The van der Waals surface area contributed by atoms with Gasteiger partial charge in [-0.25, -0.2) is 0 Å². The predicted molar refractivity (Wildman–Crippen MR) is 109 cm³/mol. The van der Waals surface area contributed by atoms with E-state index >= 15 is 0 Å². The Bertz CT molecular complexity index is 858. The highest BCUT2D eigenvalue weighted by molar-refractivity contribution is 5.54. The maximum atomic E-state index is 13.6. The molecule has 0 amide bonds. The molecule has 3 rings (SSSR count). The summed E-state index contributed by atoms with van der Waals surface area (Å²) in [5.41, 5.74) is 0.480. The van der Waals surface area contributed by atoms with E-state index in [0.29, 0.717) is 18.8 Å². The van der Waals surface area contributed by atoms with Crippen molar-refractivity contribution in [3.63, 3.8) is 0 Å². The van der Waals surface area contributed by atoms with Crippen LogP contribution in [0.3, 0.4) is 0 Å². The van der Waals surface area contributed by atoms with Gasteiger partial charge in [0.05, 0.1) is 11.2 Å². The molecule has 0 aliphatic rings. The van der Waals surface area contributed by atoms with Crippen LogP contribution in [0.5, 0.6) is 0 Å². The molecule has 0 atom stereocenters. The van der Waals surface area contributed by atoms with Gasteiger partial charge in [-0.3, -0.25) is 0 Å². The van der Waals surface area contributed by atoms with Crippen molar-refractivity contribution in [1.29, 1.82) is 0 Å². The van der Waals surface area contributed by atoms with E-state index in [-0.39, 0.29) is 5.56 Å².